The second-order valence-corrected chi connectivity index (χ2v) is 2.65. The van der Waals surface area contributed by atoms with Gasteiger partial charge in [-0.15, -0.1) is 0 Å². The Bertz CT molecular complexity index is 281. The van der Waals surface area contributed by atoms with E-state index >= 15 is 0 Å². The summed E-state index contributed by atoms with van der Waals surface area (Å²) in [6.07, 6.45) is 0. The molecule has 1 aromatic rings. The van der Waals surface area contributed by atoms with Crippen LogP contribution in [0.15, 0.2) is 24.3 Å². The molecule has 0 amide bonds. The molecule has 4 heteroatoms. The van der Waals surface area contributed by atoms with Crippen LogP contribution < -0.4 is 0 Å². The van der Waals surface area contributed by atoms with Crippen LogP contribution >= 0.6 is 0 Å². The number of phenolic OH excluding ortho intramolecular Hbond substituents is 1. The van der Waals surface area contributed by atoms with Crippen molar-refractivity contribution in [3.63, 3.8) is 0 Å². The summed E-state index contributed by atoms with van der Waals surface area (Å²) < 4.78 is 0. The standard InChI is InChI=1S/C9H10O3.Na.H/c1-6(9(11)12)7-2-4-8(10)5-3-7;;/h2-6,10H,1H3,(H,11,12);;. The van der Waals surface area contributed by atoms with Gasteiger partial charge in [0.25, 0.3) is 0 Å². The fourth-order valence-corrected chi connectivity index (χ4v) is 0.906. The fourth-order valence-electron chi connectivity index (χ4n) is 0.906. The normalized spacial score (nSPS) is 11.5. The molecule has 0 saturated heterocycles. The van der Waals surface area contributed by atoms with E-state index in [1.54, 1.807) is 19.1 Å². The zero-order valence-electron chi connectivity index (χ0n) is 6.69. The molecule has 66 valence electrons. The summed E-state index contributed by atoms with van der Waals surface area (Å²) in [5.74, 6) is -1.23. The molecule has 0 spiro atoms. The predicted molar refractivity (Wildman–Crippen MR) is 51.3 cm³/mol. The van der Waals surface area contributed by atoms with Gasteiger partial charge in [-0.2, -0.15) is 0 Å². The fraction of sp³-hybridized carbons (Fsp3) is 0.222. The van der Waals surface area contributed by atoms with Crippen molar-refractivity contribution in [1.82, 2.24) is 0 Å². The van der Waals surface area contributed by atoms with Crippen LogP contribution in [0.5, 0.6) is 5.75 Å². The molecule has 1 aromatic carbocycles. The van der Waals surface area contributed by atoms with E-state index in [2.05, 4.69) is 0 Å². The van der Waals surface area contributed by atoms with Crippen molar-refractivity contribution < 1.29 is 15.0 Å². The zero-order chi connectivity index (χ0) is 9.14. The molecular weight excluding hydrogens is 179 g/mol. The minimum absolute atomic E-state index is 0. The number of carboxylic acids is 1. The Labute approximate surface area is 98.7 Å². The van der Waals surface area contributed by atoms with Crippen LogP contribution in [0.4, 0.5) is 0 Å². The van der Waals surface area contributed by atoms with E-state index in [1.807, 2.05) is 0 Å². The molecular formula is C9H11NaO3. The van der Waals surface area contributed by atoms with Crippen molar-refractivity contribution in [2.45, 2.75) is 12.8 Å². The van der Waals surface area contributed by atoms with Crippen molar-refractivity contribution in [2.75, 3.05) is 0 Å². The van der Waals surface area contributed by atoms with Gasteiger partial charge in [-0.05, 0) is 24.6 Å². The van der Waals surface area contributed by atoms with Crippen molar-refractivity contribution in [1.29, 1.82) is 0 Å². The molecule has 0 aromatic heterocycles. The first-order chi connectivity index (χ1) is 5.61. The van der Waals surface area contributed by atoms with E-state index in [4.69, 9.17) is 10.2 Å². The summed E-state index contributed by atoms with van der Waals surface area (Å²) in [5, 5.41) is 17.6. The molecule has 3 nitrogen and oxygen atoms in total. The molecule has 1 rings (SSSR count). The van der Waals surface area contributed by atoms with E-state index in [9.17, 15) is 4.79 Å². The van der Waals surface area contributed by atoms with Crippen molar-refractivity contribution in [2.24, 2.45) is 0 Å². The van der Waals surface area contributed by atoms with Crippen LogP contribution in [0.3, 0.4) is 0 Å². The molecule has 0 aliphatic carbocycles. The van der Waals surface area contributed by atoms with Gasteiger partial charge in [-0.1, -0.05) is 12.1 Å². The molecule has 0 aliphatic heterocycles. The van der Waals surface area contributed by atoms with Gasteiger partial charge >= 0.3 is 35.5 Å². The quantitative estimate of drug-likeness (QED) is 0.682. The molecule has 0 aliphatic rings. The van der Waals surface area contributed by atoms with Crippen molar-refractivity contribution >= 4 is 35.5 Å². The number of phenols is 1. The number of hydrogen-bond acceptors (Lipinski definition) is 2. The Balaban J connectivity index is 0.00000144. The van der Waals surface area contributed by atoms with Gasteiger partial charge in [0.2, 0.25) is 0 Å². The van der Waals surface area contributed by atoms with Gasteiger partial charge in [-0.3, -0.25) is 4.79 Å². The van der Waals surface area contributed by atoms with Crippen LogP contribution in [0.1, 0.15) is 18.4 Å². The molecule has 13 heavy (non-hydrogen) atoms. The van der Waals surface area contributed by atoms with E-state index in [-0.39, 0.29) is 35.3 Å². The Morgan fingerprint density at radius 3 is 2.15 bits per heavy atom. The molecule has 1 atom stereocenters. The Morgan fingerprint density at radius 1 is 1.31 bits per heavy atom. The maximum atomic E-state index is 10.5. The van der Waals surface area contributed by atoms with Crippen molar-refractivity contribution in [3.05, 3.63) is 29.8 Å². The summed E-state index contributed by atoms with van der Waals surface area (Å²) in [6.45, 7) is 1.61. The first kappa shape index (κ1) is 12.5. The Morgan fingerprint density at radius 2 is 1.77 bits per heavy atom. The third-order valence-electron chi connectivity index (χ3n) is 1.76. The van der Waals surface area contributed by atoms with E-state index in [0.717, 1.165) is 0 Å². The van der Waals surface area contributed by atoms with Crippen LogP contribution in [0, 0.1) is 0 Å². The number of carboxylic acid groups (broad SMARTS) is 1. The summed E-state index contributed by atoms with van der Waals surface area (Å²) in [7, 11) is 0. The van der Waals surface area contributed by atoms with Gasteiger partial charge in [0, 0.05) is 0 Å². The number of carbonyl (C=O) groups is 1. The molecule has 0 heterocycles. The summed E-state index contributed by atoms with van der Waals surface area (Å²) in [5.41, 5.74) is 0.695. The summed E-state index contributed by atoms with van der Waals surface area (Å²) >= 11 is 0. The second-order valence-electron chi connectivity index (χ2n) is 2.65. The maximum absolute atomic E-state index is 10.5. The van der Waals surface area contributed by atoms with E-state index in [0.29, 0.717) is 5.56 Å². The second kappa shape index (κ2) is 5.27. The minimum atomic E-state index is -0.860. The van der Waals surface area contributed by atoms with Gasteiger partial charge in [0.05, 0.1) is 5.92 Å². The van der Waals surface area contributed by atoms with Crippen molar-refractivity contribution in [3.8, 4) is 5.75 Å². The van der Waals surface area contributed by atoms with E-state index < -0.39 is 11.9 Å². The Hall–Kier alpha value is -0.510. The van der Waals surface area contributed by atoms with Crippen LogP contribution in [-0.2, 0) is 4.79 Å². The summed E-state index contributed by atoms with van der Waals surface area (Å²) in [4.78, 5) is 10.5. The molecule has 0 saturated carbocycles. The van der Waals surface area contributed by atoms with Gasteiger partial charge in [-0.25, -0.2) is 0 Å². The summed E-state index contributed by atoms with van der Waals surface area (Å²) in [6, 6.07) is 6.17. The number of aromatic hydroxyl groups is 1. The predicted octanol–water partition coefficient (Wildman–Crippen LogP) is 0.932. The Kier molecular flexibility index (Phi) is 5.06. The van der Waals surface area contributed by atoms with Gasteiger partial charge < -0.3 is 10.2 Å². The number of aliphatic carboxylic acids is 1. The third kappa shape index (κ3) is 3.38. The molecule has 0 bridgehead atoms. The van der Waals surface area contributed by atoms with Crippen LogP contribution in [0.25, 0.3) is 0 Å². The third-order valence-corrected chi connectivity index (χ3v) is 1.76. The SMILES string of the molecule is CC(C(=O)O)c1ccc(O)cc1.[NaH]. The van der Waals surface area contributed by atoms with Gasteiger partial charge in [0.15, 0.2) is 0 Å². The van der Waals surface area contributed by atoms with Gasteiger partial charge in [0.1, 0.15) is 5.75 Å². The zero-order valence-corrected chi connectivity index (χ0v) is 6.69. The average molecular weight is 190 g/mol. The monoisotopic (exact) mass is 190 g/mol. The molecule has 0 radical (unpaired) electrons. The van der Waals surface area contributed by atoms with E-state index in [1.165, 1.54) is 12.1 Å². The molecule has 2 N–H and O–H groups in total. The number of benzene rings is 1. The topological polar surface area (TPSA) is 57.5 Å². The molecule has 1 unspecified atom stereocenters. The van der Waals surface area contributed by atoms with Crippen LogP contribution in [0.2, 0.25) is 0 Å². The van der Waals surface area contributed by atoms with Crippen LogP contribution in [-0.4, -0.2) is 45.7 Å². The number of rotatable bonds is 2. The molecule has 0 fully saturated rings. The average Bonchev–Trinajstić information content (AvgIpc) is 2.04. The number of hydrogen-bond donors (Lipinski definition) is 2. The first-order valence-corrected chi connectivity index (χ1v) is 3.63. The first-order valence-electron chi connectivity index (χ1n) is 3.63.